The van der Waals surface area contributed by atoms with Crippen LogP contribution in [0.15, 0.2) is 40.8 Å². The summed E-state index contributed by atoms with van der Waals surface area (Å²) >= 11 is 0. The maximum Gasteiger partial charge on any atom is 0.374 e. The Kier molecular flexibility index (Phi) is 8.29. The number of Topliss-reactive ketones (excluding diaryl/α,β-unsaturated/α-hetero) is 1. The molecule has 2 aromatic carbocycles. The lowest BCUT2D eigenvalue weighted by Crippen LogP contribution is -2.17. The van der Waals surface area contributed by atoms with Crippen LogP contribution in [-0.4, -0.2) is 38.2 Å². The van der Waals surface area contributed by atoms with Gasteiger partial charge in [0.1, 0.15) is 22.8 Å². The van der Waals surface area contributed by atoms with Crippen LogP contribution in [0.5, 0.6) is 17.2 Å². The first kappa shape index (κ1) is 24.6. The molecule has 2 heterocycles. The third-order valence-corrected chi connectivity index (χ3v) is 5.87. The van der Waals surface area contributed by atoms with Crippen LogP contribution in [-0.2, 0) is 11.2 Å². The second-order valence-corrected chi connectivity index (χ2v) is 8.48. The first-order chi connectivity index (χ1) is 17.1. The molecule has 1 aliphatic heterocycles. The number of ether oxygens (including phenoxy) is 4. The Morgan fingerprint density at radius 2 is 1.83 bits per heavy atom. The van der Waals surface area contributed by atoms with Gasteiger partial charge in [0.2, 0.25) is 5.76 Å². The van der Waals surface area contributed by atoms with Crippen LogP contribution in [0, 0.1) is 0 Å². The Hall–Kier alpha value is -3.48. The molecule has 0 fully saturated rings. The second kappa shape index (κ2) is 11.8. The van der Waals surface area contributed by atoms with Gasteiger partial charge in [-0.3, -0.25) is 4.79 Å². The zero-order valence-corrected chi connectivity index (χ0v) is 20.4. The van der Waals surface area contributed by atoms with Crippen LogP contribution >= 0.6 is 0 Å². The molecule has 0 amide bonds. The predicted octanol–water partition coefficient (Wildman–Crippen LogP) is 6.16. The normalized spacial score (nSPS) is 12.8. The molecule has 4 rings (SSSR count). The SMILES string of the molecule is CCCc1c(OCCCCCOc2ccc3oc(C(=O)OCC)cc3c2)ccc2c1OCCC2=O. The fraction of sp³-hybridized carbons (Fsp3) is 0.429. The molecule has 3 aromatic rings. The lowest BCUT2D eigenvalue weighted by atomic mass is 9.98. The summed E-state index contributed by atoms with van der Waals surface area (Å²) in [5.74, 6) is 2.12. The van der Waals surface area contributed by atoms with Crippen molar-refractivity contribution in [1.82, 2.24) is 0 Å². The number of hydrogen-bond donors (Lipinski definition) is 0. The second-order valence-electron chi connectivity index (χ2n) is 8.48. The fourth-order valence-corrected chi connectivity index (χ4v) is 4.16. The summed E-state index contributed by atoms with van der Waals surface area (Å²) < 4.78 is 28.3. The molecule has 0 unspecified atom stereocenters. The van der Waals surface area contributed by atoms with E-state index in [1.807, 2.05) is 24.3 Å². The van der Waals surface area contributed by atoms with Crippen LogP contribution in [0.1, 0.15) is 72.4 Å². The van der Waals surface area contributed by atoms with Crippen molar-refractivity contribution < 1.29 is 33.0 Å². The molecule has 0 saturated heterocycles. The Bertz CT molecular complexity index is 1180. The van der Waals surface area contributed by atoms with Gasteiger partial charge in [-0.2, -0.15) is 0 Å². The number of rotatable bonds is 12. The van der Waals surface area contributed by atoms with Gasteiger partial charge < -0.3 is 23.4 Å². The molecule has 7 nitrogen and oxygen atoms in total. The molecule has 186 valence electrons. The van der Waals surface area contributed by atoms with Gasteiger partial charge >= 0.3 is 5.97 Å². The molecule has 7 heteroatoms. The minimum absolute atomic E-state index is 0.140. The van der Waals surface area contributed by atoms with E-state index >= 15 is 0 Å². The standard InChI is InChI=1S/C28H32O7/c1-3-8-22-25(12-10-21-23(29)13-16-34-27(21)22)33-15-7-5-6-14-32-20-9-11-24-19(17-20)18-26(35-24)28(30)31-4-2/h9-12,17-18H,3-8,13-16H2,1-2H3. The Labute approximate surface area is 205 Å². The van der Waals surface area contributed by atoms with Crippen LogP contribution in [0.25, 0.3) is 11.0 Å². The van der Waals surface area contributed by atoms with Crippen molar-refractivity contribution in [2.24, 2.45) is 0 Å². The van der Waals surface area contributed by atoms with E-state index in [0.29, 0.717) is 49.7 Å². The topological polar surface area (TPSA) is 84.2 Å². The van der Waals surface area contributed by atoms with E-state index in [2.05, 4.69) is 6.92 Å². The van der Waals surface area contributed by atoms with Gasteiger partial charge in [0.05, 0.1) is 32.0 Å². The van der Waals surface area contributed by atoms with Gasteiger partial charge in [0, 0.05) is 17.4 Å². The number of carbonyl (C=O) groups is 2. The molecular weight excluding hydrogens is 448 g/mol. The lowest BCUT2D eigenvalue weighted by Gasteiger charge is -2.22. The summed E-state index contributed by atoms with van der Waals surface area (Å²) in [7, 11) is 0. The Morgan fingerprint density at radius 3 is 2.63 bits per heavy atom. The van der Waals surface area contributed by atoms with E-state index in [1.165, 1.54) is 0 Å². The largest absolute Gasteiger partial charge is 0.494 e. The highest BCUT2D eigenvalue weighted by molar-refractivity contribution is 6.00. The number of hydrogen-bond acceptors (Lipinski definition) is 7. The van der Waals surface area contributed by atoms with Crippen LogP contribution < -0.4 is 14.2 Å². The first-order valence-electron chi connectivity index (χ1n) is 12.4. The molecule has 0 bridgehead atoms. The molecule has 1 aliphatic rings. The summed E-state index contributed by atoms with van der Waals surface area (Å²) in [6.07, 6.45) is 4.97. The van der Waals surface area contributed by atoms with E-state index in [1.54, 1.807) is 19.1 Å². The van der Waals surface area contributed by atoms with Crippen molar-refractivity contribution in [3.63, 3.8) is 0 Å². The van der Waals surface area contributed by atoms with Gasteiger partial charge in [0.15, 0.2) is 5.78 Å². The molecule has 1 aromatic heterocycles. The summed E-state index contributed by atoms with van der Waals surface area (Å²) in [5, 5.41) is 0.803. The number of furan rings is 1. The molecule has 0 spiro atoms. The summed E-state index contributed by atoms with van der Waals surface area (Å²) in [5.41, 5.74) is 2.30. The maximum absolute atomic E-state index is 12.2. The fourth-order valence-electron chi connectivity index (χ4n) is 4.16. The third kappa shape index (κ3) is 5.96. The van der Waals surface area contributed by atoms with E-state index < -0.39 is 5.97 Å². The van der Waals surface area contributed by atoms with E-state index in [-0.39, 0.29) is 11.5 Å². The van der Waals surface area contributed by atoms with Gasteiger partial charge in [-0.05, 0) is 69.0 Å². The average Bonchev–Trinajstić information content (AvgIpc) is 3.29. The molecule has 0 N–H and O–H groups in total. The van der Waals surface area contributed by atoms with Gasteiger partial charge in [-0.25, -0.2) is 4.79 Å². The quantitative estimate of drug-likeness (QED) is 0.227. The minimum Gasteiger partial charge on any atom is -0.494 e. The average molecular weight is 481 g/mol. The highest BCUT2D eigenvalue weighted by atomic mass is 16.5. The van der Waals surface area contributed by atoms with Crippen molar-refractivity contribution in [3.05, 3.63) is 53.3 Å². The van der Waals surface area contributed by atoms with Crippen molar-refractivity contribution in [2.45, 2.75) is 52.4 Å². The molecule has 0 atom stereocenters. The highest BCUT2D eigenvalue weighted by Crippen LogP contribution is 2.36. The minimum atomic E-state index is -0.466. The van der Waals surface area contributed by atoms with E-state index in [4.69, 9.17) is 23.4 Å². The van der Waals surface area contributed by atoms with Crippen molar-refractivity contribution in [3.8, 4) is 17.2 Å². The zero-order valence-electron chi connectivity index (χ0n) is 20.4. The molecule has 35 heavy (non-hydrogen) atoms. The molecular formula is C28H32O7. The summed E-state index contributed by atoms with van der Waals surface area (Å²) in [6, 6.07) is 10.9. The molecule has 0 saturated carbocycles. The Balaban J connectivity index is 1.22. The van der Waals surface area contributed by atoms with Crippen LogP contribution in [0.3, 0.4) is 0 Å². The number of ketones is 1. The van der Waals surface area contributed by atoms with Crippen molar-refractivity contribution >= 4 is 22.7 Å². The van der Waals surface area contributed by atoms with Crippen molar-refractivity contribution in [1.29, 1.82) is 0 Å². The highest BCUT2D eigenvalue weighted by Gasteiger charge is 2.23. The van der Waals surface area contributed by atoms with Gasteiger partial charge in [0.25, 0.3) is 0 Å². The van der Waals surface area contributed by atoms with E-state index in [0.717, 1.165) is 54.6 Å². The number of unbranched alkanes of at least 4 members (excludes halogenated alkanes) is 2. The lowest BCUT2D eigenvalue weighted by molar-refractivity contribution is 0.0492. The number of carbonyl (C=O) groups excluding carboxylic acids is 2. The van der Waals surface area contributed by atoms with E-state index in [9.17, 15) is 9.59 Å². The number of fused-ring (bicyclic) bond motifs is 2. The van der Waals surface area contributed by atoms with Crippen molar-refractivity contribution in [2.75, 3.05) is 26.4 Å². The summed E-state index contributed by atoms with van der Waals surface area (Å²) in [6.45, 7) is 5.79. The monoisotopic (exact) mass is 480 g/mol. The maximum atomic E-state index is 12.2. The molecule has 0 aliphatic carbocycles. The predicted molar refractivity (Wildman–Crippen MR) is 132 cm³/mol. The molecule has 0 radical (unpaired) electrons. The van der Waals surface area contributed by atoms with Crippen LogP contribution in [0.2, 0.25) is 0 Å². The zero-order chi connectivity index (χ0) is 24.6. The van der Waals surface area contributed by atoms with Gasteiger partial charge in [-0.15, -0.1) is 0 Å². The first-order valence-corrected chi connectivity index (χ1v) is 12.4. The smallest absolute Gasteiger partial charge is 0.374 e. The Morgan fingerprint density at radius 1 is 1.00 bits per heavy atom. The number of benzene rings is 2. The van der Waals surface area contributed by atoms with Crippen LogP contribution in [0.4, 0.5) is 0 Å². The number of esters is 1. The van der Waals surface area contributed by atoms with Gasteiger partial charge in [-0.1, -0.05) is 13.3 Å². The third-order valence-electron chi connectivity index (χ3n) is 5.87. The summed E-state index contributed by atoms with van der Waals surface area (Å²) in [4.78, 5) is 24.0.